The summed E-state index contributed by atoms with van der Waals surface area (Å²) in [5.74, 6) is 0.0687. The number of hydrogen-bond acceptors (Lipinski definition) is 7. The SMILES string of the molecule is CCOC(=O)Oc1ccc(C(=O)NCc2csc(-c3cccnc3)n2)cc1. The summed E-state index contributed by atoms with van der Waals surface area (Å²) >= 11 is 1.50. The van der Waals surface area contributed by atoms with E-state index >= 15 is 0 Å². The van der Waals surface area contributed by atoms with Gasteiger partial charge >= 0.3 is 6.16 Å². The number of nitrogens with zero attached hydrogens (tertiary/aromatic N) is 2. The fraction of sp³-hybridized carbons (Fsp3) is 0.158. The van der Waals surface area contributed by atoms with Gasteiger partial charge in [0.15, 0.2) is 0 Å². The quantitative estimate of drug-likeness (QED) is 0.516. The Morgan fingerprint density at radius 3 is 2.70 bits per heavy atom. The molecular weight excluding hydrogens is 366 g/mol. The average Bonchev–Trinajstić information content (AvgIpc) is 3.17. The number of benzene rings is 1. The topological polar surface area (TPSA) is 90.4 Å². The second-order valence-corrected chi connectivity index (χ2v) is 6.24. The largest absolute Gasteiger partial charge is 0.513 e. The summed E-state index contributed by atoms with van der Waals surface area (Å²) in [4.78, 5) is 32.1. The zero-order chi connectivity index (χ0) is 19.1. The molecule has 0 saturated heterocycles. The van der Waals surface area contributed by atoms with Crippen molar-refractivity contribution in [1.82, 2.24) is 15.3 Å². The first kappa shape index (κ1) is 18.5. The van der Waals surface area contributed by atoms with Crippen LogP contribution in [0.5, 0.6) is 5.75 Å². The summed E-state index contributed by atoms with van der Waals surface area (Å²) in [5.41, 5.74) is 2.17. The molecule has 7 nitrogen and oxygen atoms in total. The van der Waals surface area contributed by atoms with E-state index in [9.17, 15) is 9.59 Å². The van der Waals surface area contributed by atoms with Crippen molar-refractivity contribution in [2.24, 2.45) is 0 Å². The first-order valence-corrected chi connectivity index (χ1v) is 9.11. The molecule has 0 bridgehead atoms. The number of carbonyl (C=O) groups is 2. The Hall–Kier alpha value is -3.26. The maximum Gasteiger partial charge on any atom is 0.513 e. The molecule has 0 spiro atoms. The normalized spacial score (nSPS) is 10.3. The Balaban J connectivity index is 1.55. The molecule has 0 radical (unpaired) electrons. The van der Waals surface area contributed by atoms with Gasteiger partial charge in [-0.15, -0.1) is 11.3 Å². The lowest BCUT2D eigenvalue weighted by molar-refractivity contribution is 0.0950. The molecule has 0 fully saturated rings. The Kier molecular flexibility index (Phi) is 6.11. The van der Waals surface area contributed by atoms with Crippen LogP contribution in [0.4, 0.5) is 4.79 Å². The van der Waals surface area contributed by atoms with Gasteiger partial charge in [-0.1, -0.05) is 0 Å². The van der Waals surface area contributed by atoms with Gasteiger partial charge in [0.2, 0.25) is 0 Å². The van der Waals surface area contributed by atoms with E-state index in [0.29, 0.717) is 17.9 Å². The Morgan fingerprint density at radius 1 is 1.19 bits per heavy atom. The highest BCUT2D eigenvalue weighted by molar-refractivity contribution is 7.13. The van der Waals surface area contributed by atoms with Gasteiger partial charge in [0.1, 0.15) is 10.8 Å². The minimum Gasteiger partial charge on any atom is -0.434 e. The van der Waals surface area contributed by atoms with E-state index in [1.165, 1.54) is 23.5 Å². The second-order valence-electron chi connectivity index (χ2n) is 5.38. The van der Waals surface area contributed by atoms with Crippen LogP contribution in [0.2, 0.25) is 0 Å². The Morgan fingerprint density at radius 2 is 2.00 bits per heavy atom. The smallest absolute Gasteiger partial charge is 0.434 e. The van der Waals surface area contributed by atoms with Gasteiger partial charge < -0.3 is 14.8 Å². The first-order chi connectivity index (χ1) is 13.2. The van der Waals surface area contributed by atoms with E-state index in [4.69, 9.17) is 9.47 Å². The third kappa shape index (κ3) is 5.11. The van der Waals surface area contributed by atoms with E-state index in [2.05, 4.69) is 15.3 Å². The maximum atomic E-state index is 12.3. The van der Waals surface area contributed by atoms with Crippen molar-refractivity contribution >= 4 is 23.4 Å². The van der Waals surface area contributed by atoms with Crippen molar-refractivity contribution < 1.29 is 19.1 Å². The minimum absolute atomic E-state index is 0.235. The lowest BCUT2D eigenvalue weighted by Gasteiger charge is -2.06. The highest BCUT2D eigenvalue weighted by atomic mass is 32.1. The van der Waals surface area contributed by atoms with Crippen molar-refractivity contribution in [3.8, 4) is 16.3 Å². The molecule has 0 unspecified atom stereocenters. The molecule has 8 heteroatoms. The van der Waals surface area contributed by atoms with Gasteiger partial charge in [-0.25, -0.2) is 9.78 Å². The number of nitrogens with one attached hydrogen (secondary N) is 1. The van der Waals surface area contributed by atoms with Gasteiger partial charge in [-0.05, 0) is 43.3 Å². The van der Waals surface area contributed by atoms with Crippen molar-refractivity contribution in [2.75, 3.05) is 6.61 Å². The van der Waals surface area contributed by atoms with Crippen LogP contribution in [-0.2, 0) is 11.3 Å². The van der Waals surface area contributed by atoms with Gasteiger partial charge in [0.25, 0.3) is 5.91 Å². The first-order valence-electron chi connectivity index (χ1n) is 8.23. The van der Waals surface area contributed by atoms with Crippen LogP contribution in [0, 0.1) is 0 Å². The fourth-order valence-electron chi connectivity index (χ4n) is 2.20. The summed E-state index contributed by atoms with van der Waals surface area (Å²) in [7, 11) is 0. The predicted molar refractivity (Wildman–Crippen MR) is 101 cm³/mol. The molecular formula is C19H17N3O4S. The van der Waals surface area contributed by atoms with Crippen LogP contribution in [0.3, 0.4) is 0 Å². The maximum absolute atomic E-state index is 12.3. The molecule has 1 aromatic carbocycles. The Labute approximate surface area is 160 Å². The van der Waals surface area contributed by atoms with E-state index < -0.39 is 6.16 Å². The van der Waals surface area contributed by atoms with Crippen molar-refractivity contribution in [3.05, 3.63) is 65.4 Å². The molecule has 3 rings (SSSR count). The number of thiazole rings is 1. The number of ether oxygens (including phenoxy) is 2. The van der Waals surface area contributed by atoms with E-state index in [1.807, 2.05) is 17.5 Å². The summed E-state index contributed by atoms with van der Waals surface area (Å²) in [6.45, 7) is 2.24. The van der Waals surface area contributed by atoms with Crippen LogP contribution in [0.1, 0.15) is 23.0 Å². The molecule has 1 amide bonds. The average molecular weight is 383 g/mol. The molecule has 2 heterocycles. The predicted octanol–water partition coefficient (Wildman–Crippen LogP) is 3.67. The second kappa shape index (κ2) is 8.91. The van der Waals surface area contributed by atoms with Crippen LogP contribution in [0.25, 0.3) is 10.6 Å². The van der Waals surface area contributed by atoms with Crippen LogP contribution in [0.15, 0.2) is 54.2 Å². The van der Waals surface area contributed by atoms with Crippen molar-refractivity contribution in [1.29, 1.82) is 0 Å². The molecule has 27 heavy (non-hydrogen) atoms. The molecule has 138 valence electrons. The lowest BCUT2D eigenvalue weighted by Crippen LogP contribution is -2.22. The van der Waals surface area contributed by atoms with Crippen molar-refractivity contribution in [3.63, 3.8) is 0 Å². The lowest BCUT2D eigenvalue weighted by atomic mass is 10.2. The zero-order valence-electron chi connectivity index (χ0n) is 14.5. The van der Waals surface area contributed by atoms with Gasteiger partial charge in [-0.2, -0.15) is 0 Å². The minimum atomic E-state index is -0.775. The molecule has 1 N–H and O–H groups in total. The summed E-state index contributed by atoms with van der Waals surface area (Å²) in [6, 6.07) is 10.0. The van der Waals surface area contributed by atoms with Crippen LogP contribution >= 0.6 is 11.3 Å². The van der Waals surface area contributed by atoms with E-state index in [1.54, 1.807) is 31.5 Å². The standard InChI is InChI=1S/C19H17N3O4S/c1-2-25-19(24)26-16-7-5-13(6-8-16)17(23)21-11-15-12-27-18(22-15)14-4-3-9-20-10-14/h3-10,12H,2,11H2,1H3,(H,21,23). The van der Waals surface area contributed by atoms with Gasteiger partial charge in [0.05, 0.1) is 18.8 Å². The van der Waals surface area contributed by atoms with Gasteiger partial charge in [-0.3, -0.25) is 9.78 Å². The van der Waals surface area contributed by atoms with Crippen LogP contribution < -0.4 is 10.1 Å². The number of carbonyl (C=O) groups excluding carboxylic acids is 2. The number of aromatic nitrogens is 2. The third-order valence-corrected chi connectivity index (χ3v) is 4.41. The van der Waals surface area contributed by atoms with Gasteiger partial charge in [0, 0.05) is 28.9 Å². The van der Waals surface area contributed by atoms with Crippen LogP contribution in [-0.4, -0.2) is 28.6 Å². The number of amides is 1. The van der Waals surface area contributed by atoms with E-state index in [-0.39, 0.29) is 12.5 Å². The molecule has 2 aromatic heterocycles. The number of pyridine rings is 1. The van der Waals surface area contributed by atoms with Crippen molar-refractivity contribution in [2.45, 2.75) is 13.5 Å². The zero-order valence-corrected chi connectivity index (χ0v) is 15.4. The number of hydrogen-bond donors (Lipinski definition) is 1. The fourth-order valence-corrected chi connectivity index (χ4v) is 3.01. The monoisotopic (exact) mass is 383 g/mol. The molecule has 0 aliphatic heterocycles. The van der Waals surface area contributed by atoms with E-state index in [0.717, 1.165) is 16.3 Å². The molecule has 3 aromatic rings. The number of rotatable bonds is 6. The summed E-state index contributed by atoms with van der Waals surface area (Å²) in [5, 5.41) is 5.57. The Bertz CT molecular complexity index is 910. The molecule has 0 saturated carbocycles. The third-order valence-electron chi connectivity index (χ3n) is 3.47. The molecule has 0 aliphatic rings. The highest BCUT2D eigenvalue weighted by Crippen LogP contribution is 2.22. The highest BCUT2D eigenvalue weighted by Gasteiger charge is 2.10. The summed E-state index contributed by atoms with van der Waals surface area (Å²) in [6.07, 6.45) is 2.69. The molecule has 0 atom stereocenters. The molecule has 0 aliphatic carbocycles. The summed E-state index contributed by atoms with van der Waals surface area (Å²) < 4.78 is 9.65.